The number of aryl methyl sites for hydroxylation is 1. The van der Waals surface area contributed by atoms with Gasteiger partial charge in [-0.2, -0.15) is 0 Å². The third kappa shape index (κ3) is 2.27. The van der Waals surface area contributed by atoms with Gasteiger partial charge in [0.1, 0.15) is 5.82 Å². The van der Waals surface area contributed by atoms with E-state index < -0.39 is 5.97 Å². The van der Waals surface area contributed by atoms with Crippen molar-refractivity contribution >= 4 is 5.97 Å². The van der Waals surface area contributed by atoms with Gasteiger partial charge in [-0.1, -0.05) is 0 Å². The van der Waals surface area contributed by atoms with Crippen LogP contribution >= 0.6 is 0 Å². The molecule has 2 aromatic rings. The van der Waals surface area contributed by atoms with Crippen molar-refractivity contribution in [2.75, 3.05) is 6.79 Å². The molecule has 1 aliphatic heterocycles. The van der Waals surface area contributed by atoms with Crippen LogP contribution in [-0.4, -0.2) is 27.8 Å². The predicted molar refractivity (Wildman–Crippen MR) is 69.7 cm³/mol. The summed E-state index contributed by atoms with van der Waals surface area (Å²) in [7, 11) is 0. The first-order valence-electron chi connectivity index (χ1n) is 6.08. The Balaban J connectivity index is 2.08. The molecule has 0 fully saturated rings. The highest BCUT2D eigenvalue weighted by atomic mass is 16.7. The fourth-order valence-electron chi connectivity index (χ4n) is 2.08. The van der Waals surface area contributed by atoms with Gasteiger partial charge >= 0.3 is 5.97 Å². The fourth-order valence-corrected chi connectivity index (χ4v) is 2.08. The standard InChI is InChI=1S/C14H12N2O4/c1-8-15-6-10(5-13(17)18)14(16-8)9-2-3-11-12(4-9)20-7-19-11/h2-4,6H,5,7H2,1H3,(H,17,18). The number of rotatable bonds is 3. The Bertz CT molecular complexity index is 685. The van der Waals surface area contributed by atoms with Gasteiger partial charge in [0.05, 0.1) is 12.1 Å². The lowest BCUT2D eigenvalue weighted by Gasteiger charge is -2.08. The minimum absolute atomic E-state index is 0.121. The molecule has 6 heteroatoms. The molecule has 0 radical (unpaired) electrons. The van der Waals surface area contributed by atoms with Crippen molar-refractivity contribution in [1.29, 1.82) is 0 Å². The Kier molecular flexibility index (Phi) is 2.98. The fraction of sp³-hybridized carbons (Fsp3) is 0.214. The Morgan fingerprint density at radius 2 is 2.15 bits per heavy atom. The second-order valence-corrected chi connectivity index (χ2v) is 4.43. The quantitative estimate of drug-likeness (QED) is 0.917. The number of aliphatic carboxylic acids is 1. The molecule has 0 amide bonds. The molecule has 0 saturated carbocycles. The topological polar surface area (TPSA) is 81.5 Å². The minimum atomic E-state index is -0.917. The van der Waals surface area contributed by atoms with Gasteiger partial charge in [-0.25, -0.2) is 9.97 Å². The summed E-state index contributed by atoms with van der Waals surface area (Å²) in [6.07, 6.45) is 1.43. The lowest BCUT2D eigenvalue weighted by Crippen LogP contribution is -2.05. The molecule has 0 aliphatic carbocycles. The molecule has 0 unspecified atom stereocenters. The number of carboxylic acids is 1. The van der Waals surface area contributed by atoms with Gasteiger partial charge in [0.2, 0.25) is 6.79 Å². The van der Waals surface area contributed by atoms with E-state index >= 15 is 0 Å². The Labute approximate surface area is 115 Å². The van der Waals surface area contributed by atoms with Gasteiger partial charge in [-0.3, -0.25) is 4.79 Å². The van der Waals surface area contributed by atoms with Crippen LogP contribution in [0.5, 0.6) is 11.5 Å². The van der Waals surface area contributed by atoms with Crippen LogP contribution in [0.3, 0.4) is 0 Å². The van der Waals surface area contributed by atoms with Crippen LogP contribution in [0.4, 0.5) is 0 Å². The molecule has 2 heterocycles. The van der Waals surface area contributed by atoms with Crippen molar-refractivity contribution in [2.45, 2.75) is 13.3 Å². The van der Waals surface area contributed by atoms with E-state index in [1.807, 2.05) is 6.07 Å². The maximum absolute atomic E-state index is 10.9. The molecule has 0 atom stereocenters. The third-order valence-corrected chi connectivity index (χ3v) is 2.97. The summed E-state index contributed by atoms with van der Waals surface area (Å²) in [6.45, 7) is 1.96. The number of hydrogen-bond donors (Lipinski definition) is 1. The number of carboxylic acid groups (broad SMARTS) is 1. The maximum atomic E-state index is 10.9. The highest BCUT2D eigenvalue weighted by Crippen LogP contribution is 2.36. The maximum Gasteiger partial charge on any atom is 0.307 e. The molecule has 1 aliphatic rings. The van der Waals surface area contributed by atoms with Crippen LogP contribution in [0.2, 0.25) is 0 Å². The number of fused-ring (bicyclic) bond motifs is 1. The number of nitrogens with zero attached hydrogens (tertiary/aromatic N) is 2. The van der Waals surface area contributed by atoms with E-state index in [1.165, 1.54) is 0 Å². The molecule has 1 N–H and O–H groups in total. The number of benzene rings is 1. The molecule has 0 spiro atoms. The van der Waals surface area contributed by atoms with E-state index in [2.05, 4.69) is 9.97 Å². The Morgan fingerprint density at radius 3 is 2.95 bits per heavy atom. The van der Waals surface area contributed by atoms with Crippen molar-refractivity contribution in [2.24, 2.45) is 0 Å². The second-order valence-electron chi connectivity index (χ2n) is 4.43. The molecule has 102 valence electrons. The monoisotopic (exact) mass is 272 g/mol. The number of ether oxygens (including phenoxy) is 2. The third-order valence-electron chi connectivity index (χ3n) is 2.97. The Hall–Kier alpha value is -2.63. The summed E-state index contributed by atoms with van der Waals surface area (Å²) in [6, 6.07) is 5.43. The number of aromatic nitrogens is 2. The van der Waals surface area contributed by atoms with Gasteiger partial charge in [-0.15, -0.1) is 0 Å². The molecule has 0 saturated heterocycles. The first-order valence-corrected chi connectivity index (χ1v) is 6.08. The Morgan fingerprint density at radius 1 is 1.35 bits per heavy atom. The van der Waals surface area contributed by atoms with Crippen LogP contribution in [0.25, 0.3) is 11.3 Å². The van der Waals surface area contributed by atoms with Crippen LogP contribution < -0.4 is 9.47 Å². The van der Waals surface area contributed by atoms with Crippen LogP contribution in [0, 0.1) is 6.92 Å². The van der Waals surface area contributed by atoms with Crippen LogP contribution in [0.15, 0.2) is 24.4 Å². The summed E-state index contributed by atoms with van der Waals surface area (Å²) in [5.41, 5.74) is 1.97. The molecule has 1 aromatic heterocycles. The molecule has 6 nitrogen and oxygen atoms in total. The summed E-state index contributed by atoms with van der Waals surface area (Å²) >= 11 is 0. The zero-order chi connectivity index (χ0) is 14.1. The average Bonchev–Trinajstić information content (AvgIpc) is 2.87. The highest BCUT2D eigenvalue weighted by Gasteiger charge is 2.17. The van der Waals surface area contributed by atoms with E-state index in [1.54, 1.807) is 25.3 Å². The van der Waals surface area contributed by atoms with Crippen molar-refractivity contribution < 1.29 is 19.4 Å². The SMILES string of the molecule is Cc1ncc(CC(=O)O)c(-c2ccc3c(c2)OCO3)n1. The molecule has 20 heavy (non-hydrogen) atoms. The number of carbonyl (C=O) groups is 1. The van der Waals surface area contributed by atoms with Crippen molar-refractivity contribution in [3.8, 4) is 22.8 Å². The first-order chi connectivity index (χ1) is 9.63. The highest BCUT2D eigenvalue weighted by molar-refractivity contribution is 5.75. The van der Waals surface area contributed by atoms with E-state index in [0.717, 1.165) is 5.56 Å². The van der Waals surface area contributed by atoms with Gasteiger partial charge in [0, 0.05) is 17.3 Å². The van der Waals surface area contributed by atoms with E-state index in [-0.39, 0.29) is 13.2 Å². The normalized spacial score (nSPS) is 12.4. The summed E-state index contributed by atoms with van der Waals surface area (Å²) < 4.78 is 10.6. The van der Waals surface area contributed by atoms with Gasteiger partial charge in [0.15, 0.2) is 11.5 Å². The lowest BCUT2D eigenvalue weighted by molar-refractivity contribution is -0.136. The molecular weight excluding hydrogens is 260 g/mol. The van der Waals surface area contributed by atoms with Gasteiger partial charge in [-0.05, 0) is 25.1 Å². The second kappa shape index (κ2) is 4.80. The first kappa shape index (κ1) is 12.4. The zero-order valence-electron chi connectivity index (χ0n) is 10.8. The summed E-state index contributed by atoms with van der Waals surface area (Å²) in [4.78, 5) is 19.3. The van der Waals surface area contributed by atoms with Gasteiger partial charge in [0.25, 0.3) is 0 Å². The van der Waals surface area contributed by atoms with Crippen molar-refractivity contribution in [3.63, 3.8) is 0 Å². The van der Waals surface area contributed by atoms with Crippen LogP contribution in [0.1, 0.15) is 11.4 Å². The van der Waals surface area contributed by atoms with Crippen LogP contribution in [-0.2, 0) is 11.2 Å². The largest absolute Gasteiger partial charge is 0.481 e. The lowest BCUT2D eigenvalue weighted by atomic mass is 10.0. The van der Waals surface area contributed by atoms with E-state index in [9.17, 15) is 4.79 Å². The molecule has 0 bridgehead atoms. The molecular formula is C14H12N2O4. The minimum Gasteiger partial charge on any atom is -0.481 e. The predicted octanol–water partition coefficient (Wildman–Crippen LogP) is 1.81. The smallest absolute Gasteiger partial charge is 0.307 e. The summed E-state index contributed by atoms with van der Waals surface area (Å²) in [5.74, 6) is 0.991. The average molecular weight is 272 g/mol. The van der Waals surface area contributed by atoms with Crippen molar-refractivity contribution in [1.82, 2.24) is 9.97 Å². The molecule has 3 rings (SSSR count). The van der Waals surface area contributed by atoms with Crippen molar-refractivity contribution in [3.05, 3.63) is 35.8 Å². The number of hydrogen-bond acceptors (Lipinski definition) is 5. The van der Waals surface area contributed by atoms with E-state index in [0.29, 0.717) is 28.6 Å². The van der Waals surface area contributed by atoms with E-state index in [4.69, 9.17) is 14.6 Å². The molecule has 1 aromatic carbocycles. The van der Waals surface area contributed by atoms with Gasteiger partial charge < -0.3 is 14.6 Å². The summed E-state index contributed by atoms with van der Waals surface area (Å²) in [5, 5.41) is 8.96. The zero-order valence-corrected chi connectivity index (χ0v) is 10.8.